The third kappa shape index (κ3) is 3.30. The van der Waals surface area contributed by atoms with E-state index in [2.05, 4.69) is 10.3 Å². The molecule has 2 aliphatic heterocycles. The molecule has 2 aromatic rings. The number of amidine groups is 1. The minimum Gasteiger partial charge on any atom is -0.454 e. The van der Waals surface area contributed by atoms with Crippen molar-refractivity contribution in [3.8, 4) is 11.5 Å². The predicted octanol–water partition coefficient (Wildman–Crippen LogP) is 4.58. The number of carbonyl (C=O) groups is 1. The smallest absolute Gasteiger partial charge is 0.264 e. The summed E-state index contributed by atoms with van der Waals surface area (Å²) in [5, 5.41) is 3.94. The fourth-order valence-electron chi connectivity index (χ4n) is 2.65. The van der Waals surface area contributed by atoms with Crippen LogP contribution in [-0.2, 0) is 4.79 Å². The van der Waals surface area contributed by atoms with Crippen LogP contribution in [-0.4, -0.2) is 17.9 Å². The Labute approximate surface area is 160 Å². The maximum Gasteiger partial charge on any atom is 0.264 e. The maximum absolute atomic E-state index is 12.3. The van der Waals surface area contributed by atoms with Crippen molar-refractivity contribution in [2.75, 3.05) is 6.79 Å². The lowest BCUT2D eigenvalue weighted by Crippen LogP contribution is -2.19. The van der Waals surface area contributed by atoms with Crippen molar-refractivity contribution < 1.29 is 14.3 Å². The molecule has 0 bridgehead atoms. The Hall–Kier alpha value is -2.44. The Morgan fingerprint density at radius 2 is 1.92 bits per heavy atom. The molecule has 0 atom stereocenters. The number of ether oxygens (including phenoxy) is 2. The lowest BCUT2D eigenvalue weighted by molar-refractivity contribution is -0.115. The molecule has 1 saturated heterocycles. The van der Waals surface area contributed by atoms with Crippen molar-refractivity contribution in [3.05, 3.63) is 56.9 Å². The van der Waals surface area contributed by atoms with Crippen LogP contribution < -0.4 is 14.8 Å². The Balaban J connectivity index is 1.63. The quantitative estimate of drug-likeness (QED) is 0.767. The Bertz CT molecular complexity index is 985. The molecule has 5 nitrogen and oxygen atoms in total. The highest BCUT2D eigenvalue weighted by Crippen LogP contribution is 2.37. The molecule has 0 aliphatic carbocycles. The molecule has 2 aromatic carbocycles. The van der Waals surface area contributed by atoms with E-state index in [4.69, 9.17) is 21.1 Å². The molecule has 0 saturated carbocycles. The van der Waals surface area contributed by atoms with E-state index < -0.39 is 0 Å². The fraction of sp³-hybridized carbons (Fsp3) is 0.158. The highest BCUT2D eigenvalue weighted by atomic mass is 35.5. The van der Waals surface area contributed by atoms with Gasteiger partial charge in [0.1, 0.15) is 0 Å². The van der Waals surface area contributed by atoms with Crippen LogP contribution in [0.2, 0.25) is 5.02 Å². The van der Waals surface area contributed by atoms with Gasteiger partial charge in [-0.1, -0.05) is 17.7 Å². The largest absolute Gasteiger partial charge is 0.454 e. The van der Waals surface area contributed by atoms with Crippen molar-refractivity contribution in [1.82, 2.24) is 5.32 Å². The minimum absolute atomic E-state index is 0.175. The van der Waals surface area contributed by atoms with Gasteiger partial charge >= 0.3 is 0 Å². The lowest BCUT2D eigenvalue weighted by Gasteiger charge is -2.03. The molecule has 2 aliphatic rings. The molecule has 4 rings (SSSR count). The lowest BCUT2D eigenvalue weighted by atomic mass is 10.1. The zero-order chi connectivity index (χ0) is 18.3. The van der Waals surface area contributed by atoms with Gasteiger partial charge in [-0.25, -0.2) is 4.99 Å². The SMILES string of the molecule is Cc1cc2c(cc1/C=C1\SC(=Nc3cc(Cl)ccc3C)NC1=O)OCO2. The molecular weight excluding hydrogens is 372 g/mol. The highest BCUT2D eigenvalue weighted by Gasteiger charge is 2.25. The number of amides is 1. The first-order valence-corrected chi connectivity index (χ1v) is 9.15. The molecule has 0 unspecified atom stereocenters. The normalized spacial score (nSPS) is 18.7. The van der Waals surface area contributed by atoms with Crippen LogP contribution in [0.5, 0.6) is 11.5 Å². The van der Waals surface area contributed by atoms with Gasteiger partial charge < -0.3 is 14.8 Å². The number of nitrogens with one attached hydrogen (secondary N) is 1. The van der Waals surface area contributed by atoms with Crippen molar-refractivity contribution in [3.63, 3.8) is 0 Å². The van der Waals surface area contributed by atoms with E-state index in [9.17, 15) is 4.79 Å². The van der Waals surface area contributed by atoms with Gasteiger partial charge in [-0.2, -0.15) is 0 Å². The van der Waals surface area contributed by atoms with E-state index in [1.165, 1.54) is 11.8 Å². The number of thioether (sulfide) groups is 1. The van der Waals surface area contributed by atoms with Crippen molar-refractivity contribution >= 4 is 46.2 Å². The average Bonchev–Trinajstić information content (AvgIpc) is 3.18. The monoisotopic (exact) mass is 386 g/mol. The van der Waals surface area contributed by atoms with E-state index in [-0.39, 0.29) is 12.7 Å². The summed E-state index contributed by atoms with van der Waals surface area (Å²) in [6, 6.07) is 9.29. The van der Waals surface area contributed by atoms with Crippen LogP contribution in [0, 0.1) is 13.8 Å². The fourth-order valence-corrected chi connectivity index (χ4v) is 3.64. The summed E-state index contributed by atoms with van der Waals surface area (Å²) in [5.74, 6) is 1.24. The number of hydrogen-bond donors (Lipinski definition) is 1. The number of nitrogens with zero attached hydrogens (tertiary/aromatic N) is 1. The van der Waals surface area contributed by atoms with Gasteiger partial charge in [-0.15, -0.1) is 0 Å². The van der Waals surface area contributed by atoms with Gasteiger partial charge in [0.05, 0.1) is 10.6 Å². The number of aliphatic imine (C=N–C) groups is 1. The van der Waals surface area contributed by atoms with E-state index >= 15 is 0 Å². The van der Waals surface area contributed by atoms with Crippen LogP contribution in [0.3, 0.4) is 0 Å². The number of fused-ring (bicyclic) bond motifs is 1. The van der Waals surface area contributed by atoms with Crippen molar-refractivity contribution in [1.29, 1.82) is 0 Å². The summed E-state index contributed by atoms with van der Waals surface area (Å²) in [6.07, 6.45) is 1.84. The van der Waals surface area contributed by atoms with Crippen molar-refractivity contribution in [2.45, 2.75) is 13.8 Å². The molecule has 0 radical (unpaired) electrons. The Morgan fingerprint density at radius 3 is 2.73 bits per heavy atom. The van der Waals surface area contributed by atoms with E-state index in [0.29, 0.717) is 20.8 Å². The summed E-state index contributed by atoms with van der Waals surface area (Å²) in [4.78, 5) is 17.4. The van der Waals surface area contributed by atoms with E-state index in [1.54, 1.807) is 6.07 Å². The number of hydrogen-bond acceptors (Lipinski definition) is 5. The zero-order valence-electron chi connectivity index (χ0n) is 14.1. The second kappa shape index (κ2) is 6.70. The third-order valence-electron chi connectivity index (χ3n) is 4.09. The number of aryl methyl sites for hydroxylation is 2. The maximum atomic E-state index is 12.3. The number of halogens is 1. The summed E-state index contributed by atoms with van der Waals surface area (Å²) in [7, 11) is 0. The first-order chi connectivity index (χ1) is 12.5. The molecule has 1 fully saturated rings. The molecule has 26 heavy (non-hydrogen) atoms. The number of rotatable bonds is 2. The summed E-state index contributed by atoms with van der Waals surface area (Å²) in [6.45, 7) is 4.14. The first kappa shape index (κ1) is 17.0. The molecule has 132 valence electrons. The molecule has 7 heteroatoms. The van der Waals surface area contributed by atoms with Crippen LogP contribution in [0.4, 0.5) is 5.69 Å². The second-order valence-electron chi connectivity index (χ2n) is 5.97. The number of benzene rings is 2. The van der Waals surface area contributed by atoms with Gasteiger partial charge in [0.2, 0.25) is 6.79 Å². The minimum atomic E-state index is -0.175. The molecular formula is C19H15ClN2O3S. The molecule has 1 amide bonds. The van der Waals surface area contributed by atoms with Gasteiger partial charge in [-0.05, 0) is 72.6 Å². The van der Waals surface area contributed by atoms with Gasteiger partial charge in [0.25, 0.3) is 5.91 Å². The van der Waals surface area contributed by atoms with E-state index in [0.717, 1.165) is 28.1 Å². The zero-order valence-corrected chi connectivity index (χ0v) is 15.7. The molecule has 2 heterocycles. The van der Waals surface area contributed by atoms with Gasteiger partial charge in [-0.3, -0.25) is 4.79 Å². The predicted molar refractivity (Wildman–Crippen MR) is 104 cm³/mol. The number of carbonyl (C=O) groups excluding carboxylic acids is 1. The molecule has 1 N–H and O–H groups in total. The van der Waals surface area contributed by atoms with Crippen LogP contribution in [0.15, 0.2) is 40.2 Å². The summed E-state index contributed by atoms with van der Waals surface area (Å²) in [5.41, 5.74) is 3.64. The summed E-state index contributed by atoms with van der Waals surface area (Å²) < 4.78 is 10.8. The Morgan fingerprint density at radius 1 is 1.15 bits per heavy atom. The van der Waals surface area contributed by atoms with Gasteiger partial charge in [0.15, 0.2) is 16.7 Å². The van der Waals surface area contributed by atoms with E-state index in [1.807, 2.05) is 44.2 Å². The molecule has 0 spiro atoms. The summed E-state index contributed by atoms with van der Waals surface area (Å²) >= 11 is 7.33. The van der Waals surface area contributed by atoms with Gasteiger partial charge in [0, 0.05) is 5.02 Å². The average molecular weight is 387 g/mol. The molecule has 0 aromatic heterocycles. The van der Waals surface area contributed by atoms with Crippen LogP contribution in [0.25, 0.3) is 6.08 Å². The van der Waals surface area contributed by atoms with Crippen LogP contribution in [0.1, 0.15) is 16.7 Å². The topological polar surface area (TPSA) is 59.9 Å². The first-order valence-electron chi connectivity index (χ1n) is 7.95. The Kier molecular flexibility index (Phi) is 4.38. The van der Waals surface area contributed by atoms with Crippen LogP contribution >= 0.6 is 23.4 Å². The van der Waals surface area contributed by atoms with Crippen molar-refractivity contribution in [2.24, 2.45) is 4.99 Å². The second-order valence-corrected chi connectivity index (χ2v) is 7.44. The third-order valence-corrected chi connectivity index (χ3v) is 5.24. The highest BCUT2D eigenvalue weighted by molar-refractivity contribution is 8.18. The standard InChI is InChI=1S/C19H15ClN2O3S/c1-10-3-4-13(20)8-14(10)21-19-22-18(23)17(26-19)7-12-6-16-15(5-11(12)2)24-9-25-16/h3-8H,9H2,1-2H3,(H,21,22,23)/b17-7-.